The first-order chi connectivity index (χ1) is 11.2. The molecule has 23 heavy (non-hydrogen) atoms. The van der Waals surface area contributed by atoms with E-state index in [4.69, 9.17) is 16.3 Å². The summed E-state index contributed by atoms with van der Waals surface area (Å²) < 4.78 is 5.58. The lowest BCUT2D eigenvalue weighted by atomic mass is 10.0. The minimum absolute atomic E-state index is 0.133. The second kappa shape index (κ2) is 7.35. The van der Waals surface area contributed by atoms with Crippen molar-refractivity contribution in [2.45, 2.75) is 25.5 Å². The van der Waals surface area contributed by atoms with Crippen LogP contribution in [0.3, 0.4) is 0 Å². The molecule has 0 amide bonds. The van der Waals surface area contributed by atoms with Gasteiger partial charge in [-0.2, -0.15) is 0 Å². The summed E-state index contributed by atoms with van der Waals surface area (Å²) in [5, 5.41) is 10.3. The molecule has 2 aromatic rings. The van der Waals surface area contributed by atoms with Gasteiger partial charge >= 0.3 is 0 Å². The van der Waals surface area contributed by atoms with E-state index in [1.807, 2.05) is 24.3 Å². The van der Waals surface area contributed by atoms with Crippen molar-refractivity contribution in [3.8, 4) is 16.9 Å². The molecule has 1 aliphatic rings. The molecular weight excluding hydrogens is 310 g/mol. The molecule has 3 rings (SSSR count). The monoisotopic (exact) mass is 331 g/mol. The zero-order valence-corrected chi connectivity index (χ0v) is 14.1. The van der Waals surface area contributed by atoms with Crippen molar-refractivity contribution in [3.63, 3.8) is 0 Å². The van der Waals surface area contributed by atoms with Crippen LogP contribution in [-0.2, 0) is 6.54 Å². The number of hydrogen-bond acceptors (Lipinski definition) is 3. The van der Waals surface area contributed by atoms with Crippen LogP contribution < -0.4 is 4.74 Å². The van der Waals surface area contributed by atoms with Crippen molar-refractivity contribution in [2.75, 3.05) is 20.2 Å². The lowest BCUT2D eigenvalue weighted by molar-refractivity contribution is 0.0792. The fourth-order valence-electron chi connectivity index (χ4n) is 3.06. The molecule has 0 bridgehead atoms. The Morgan fingerprint density at radius 1 is 1.17 bits per heavy atom. The van der Waals surface area contributed by atoms with Gasteiger partial charge in [0.1, 0.15) is 5.75 Å². The van der Waals surface area contributed by atoms with Crippen molar-refractivity contribution < 1.29 is 9.84 Å². The molecule has 1 heterocycles. The Morgan fingerprint density at radius 3 is 2.65 bits per heavy atom. The molecule has 2 aromatic carbocycles. The van der Waals surface area contributed by atoms with Crippen molar-refractivity contribution >= 4 is 11.6 Å². The Morgan fingerprint density at radius 2 is 1.96 bits per heavy atom. The molecule has 1 saturated heterocycles. The van der Waals surface area contributed by atoms with E-state index in [-0.39, 0.29) is 6.10 Å². The van der Waals surface area contributed by atoms with Gasteiger partial charge in [-0.15, -0.1) is 0 Å². The summed E-state index contributed by atoms with van der Waals surface area (Å²) >= 11 is 6.09. The van der Waals surface area contributed by atoms with Gasteiger partial charge in [-0.1, -0.05) is 35.9 Å². The quantitative estimate of drug-likeness (QED) is 0.920. The van der Waals surface area contributed by atoms with Crippen LogP contribution in [0.4, 0.5) is 0 Å². The predicted octanol–water partition coefficient (Wildman–Crippen LogP) is 3.97. The number of aliphatic hydroxyl groups excluding tert-OH is 1. The summed E-state index contributed by atoms with van der Waals surface area (Å²) in [6.07, 6.45) is 1.58. The third-order valence-corrected chi connectivity index (χ3v) is 4.60. The van der Waals surface area contributed by atoms with Crippen molar-refractivity contribution in [1.29, 1.82) is 0 Å². The maximum Gasteiger partial charge on any atom is 0.127 e. The van der Waals surface area contributed by atoms with E-state index < -0.39 is 0 Å². The molecule has 1 N–H and O–H groups in total. The molecule has 4 heteroatoms. The zero-order valence-electron chi connectivity index (χ0n) is 13.3. The number of nitrogens with zero attached hydrogens (tertiary/aromatic N) is 1. The SMILES string of the molecule is COc1cc(CN2CCC(O)CC2)ccc1-c1cccc(Cl)c1. The number of halogens is 1. The lowest BCUT2D eigenvalue weighted by Crippen LogP contribution is -2.35. The molecule has 0 atom stereocenters. The van der Waals surface area contributed by atoms with Crippen molar-refractivity contribution in [2.24, 2.45) is 0 Å². The minimum atomic E-state index is -0.133. The molecule has 0 saturated carbocycles. The van der Waals surface area contributed by atoms with Crippen LogP contribution in [0.2, 0.25) is 5.02 Å². The highest BCUT2D eigenvalue weighted by atomic mass is 35.5. The molecule has 122 valence electrons. The highest BCUT2D eigenvalue weighted by Gasteiger charge is 2.17. The standard InChI is InChI=1S/C19H22ClNO2/c1-23-19-11-14(13-21-9-7-17(22)8-10-21)5-6-18(19)15-3-2-4-16(20)12-15/h2-6,11-12,17,22H,7-10,13H2,1H3. The summed E-state index contributed by atoms with van der Waals surface area (Å²) in [4.78, 5) is 2.38. The van der Waals surface area contributed by atoms with E-state index in [2.05, 4.69) is 23.1 Å². The van der Waals surface area contributed by atoms with Crippen LogP contribution in [0.15, 0.2) is 42.5 Å². The number of methoxy groups -OCH3 is 1. The summed E-state index contributed by atoms with van der Waals surface area (Å²) in [5.41, 5.74) is 3.33. The molecular formula is C19H22ClNO2. The van der Waals surface area contributed by atoms with Gasteiger partial charge in [0.2, 0.25) is 0 Å². The number of likely N-dealkylation sites (tertiary alicyclic amines) is 1. The van der Waals surface area contributed by atoms with Gasteiger partial charge in [-0.25, -0.2) is 0 Å². The molecule has 0 unspecified atom stereocenters. The van der Waals surface area contributed by atoms with E-state index in [1.54, 1.807) is 7.11 Å². The zero-order chi connectivity index (χ0) is 16.2. The first-order valence-corrected chi connectivity index (χ1v) is 8.37. The van der Waals surface area contributed by atoms with Gasteiger partial charge in [0.25, 0.3) is 0 Å². The van der Waals surface area contributed by atoms with Gasteiger partial charge in [0, 0.05) is 30.2 Å². The Labute approximate surface area is 142 Å². The highest BCUT2D eigenvalue weighted by molar-refractivity contribution is 6.30. The Kier molecular flexibility index (Phi) is 5.21. The molecule has 0 radical (unpaired) electrons. The Balaban J connectivity index is 1.79. The molecule has 1 fully saturated rings. The number of piperidine rings is 1. The van der Waals surface area contributed by atoms with Gasteiger partial charge in [0.15, 0.2) is 0 Å². The van der Waals surface area contributed by atoms with E-state index in [0.29, 0.717) is 0 Å². The molecule has 0 aromatic heterocycles. The maximum atomic E-state index is 9.60. The molecule has 0 aliphatic carbocycles. The van der Waals surface area contributed by atoms with Crippen LogP contribution in [0, 0.1) is 0 Å². The molecule has 3 nitrogen and oxygen atoms in total. The Hall–Kier alpha value is -1.55. The smallest absolute Gasteiger partial charge is 0.127 e. The lowest BCUT2D eigenvalue weighted by Gasteiger charge is -2.29. The minimum Gasteiger partial charge on any atom is -0.496 e. The van der Waals surface area contributed by atoms with E-state index in [9.17, 15) is 5.11 Å². The largest absolute Gasteiger partial charge is 0.496 e. The first-order valence-electron chi connectivity index (χ1n) is 7.99. The number of hydrogen-bond donors (Lipinski definition) is 1. The third kappa shape index (κ3) is 4.05. The van der Waals surface area contributed by atoms with Crippen molar-refractivity contribution in [3.05, 3.63) is 53.1 Å². The normalized spacial score (nSPS) is 16.5. The van der Waals surface area contributed by atoms with E-state index in [0.717, 1.165) is 54.4 Å². The van der Waals surface area contributed by atoms with Crippen LogP contribution >= 0.6 is 11.6 Å². The van der Waals surface area contributed by atoms with Crippen LogP contribution in [0.25, 0.3) is 11.1 Å². The summed E-state index contributed by atoms with van der Waals surface area (Å²) in [6.45, 7) is 2.78. The summed E-state index contributed by atoms with van der Waals surface area (Å²) in [6, 6.07) is 14.1. The van der Waals surface area contributed by atoms with Crippen LogP contribution in [-0.4, -0.2) is 36.3 Å². The summed E-state index contributed by atoms with van der Waals surface area (Å²) in [5.74, 6) is 0.863. The van der Waals surface area contributed by atoms with E-state index in [1.165, 1.54) is 5.56 Å². The summed E-state index contributed by atoms with van der Waals surface area (Å²) in [7, 11) is 1.70. The predicted molar refractivity (Wildman–Crippen MR) is 94.0 cm³/mol. The fraction of sp³-hybridized carbons (Fsp3) is 0.368. The Bertz CT molecular complexity index is 666. The van der Waals surface area contributed by atoms with Gasteiger partial charge in [0.05, 0.1) is 13.2 Å². The third-order valence-electron chi connectivity index (χ3n) is 4.36. The average molecular weight is 332 g/mol. The first kappa shape index (κ1) is 16.3. The average Bonchev–Trinajstić information content (AvgIpc) is 2.57. The number of rotatable bonds is 4. The van der Waals surface area contributed by atoms with Crippen LogP contribution in [0.5, 0.6) is 5.75 Å². The highest BCUT2D eigenvalue weighted by Crippen LogP contribution is 2.32. The molecule has 0 spiro atoms. The number of benzene rings is 2. The van der Waals surface area contributed by atoms with Crippen LogP contribution in [0.1, 0.15) is 18.4 Å². The second-order valence-electron chi connectivity index (χ2n) is 6.05. The van der Waals surface area contributed by atoms with Crippen molar-refractivity contribution in [1.82, 2.24) is 4.90 Å². The van der Waals surface area contributed by atoms with Gasteiger partial charge in [-0.05, 0) is 42.2 Å². The number of aliphatic hydroxyl groups is 1. The van der Waals surface area contributed by atoms with Gasteiger partial charge in [-0.3, -0.25) is 4.90 Å². The second-order valence-corrected chi connectivity index (χ2v) is 6.49. The molecule has 1 aliphatic heterocycles. The maximum absolute atomic E-state index is 9.60. The topological polar surface area (TPSA) is 32.7 Å². The van der Waals surface area contributed by atoms with E-state index >= 15 is 0 Å². The van der Waals surface area contributed by atoms with Gasteiger partial charge < -0.3 is 9.84 Å². The fourth-order valence-corrected chi connectivity index (χ4v) is 3.25. The number of ether oxygens (including phenoxy) is 1.